The molecule has 2 heterocycles. The second-order valence-electron chi connectivity index (χ2n) is 6.49. The molecule has 0 bridgehead atoms. The van der Waals surface area contributed by atoms with Crippen LogP contribution in [0, 0.1) is 0 Å². The van der Waals surface area contributed by atoms with E-state index in [9.17, 15) is 0 Å². The van der Waals surface area contributed by atoms with Gasteiger partial charge in [0.05, 0.1) is 6.20 Å². The van der Waals surface area contributed by atoms with Crippen LogP contribution in [0.15, 0.2) is 31.5 Å². The van der Waals surface area contributed by atoms with Gasteiger partial charge in [0.2, 0.25) is 5.89 Å². The summed E-state index contributed by atoms with van der Waals surface area (Å²) in [5.74, 6) is 3.35. The molecule has 2 aromatic heterocycles. The Bertz CT molecular complexity index is 646. The Morgan fingerprint density at radius 2 is 2.16 bits per heavy atom. The quantitative estimate of drug-likeness (QED) is 0.314. The van der Waals surface area contributed by atoms with Gasteiger partial charge in [-0.15, -0.1) is 11.3 Å². The maximum absolute atomic E-state index is 5.78. The Labute approximate surface area is 157 Å². The molecule has 0 aliphatic heterocycles. The van der Waals surface area contributed by atoms with Gasteiger partial charge in [-0.3, -0.25) is 0 Å². The van der Waals surface area contributed by atoms with Crippen molar-refractivity contribution in [1.29, 1.82) is 0 Å². The number of hydrogen-bond donors (Lipinski definition) is 2. The fraction of sp³-hybridized carbons (Fsp3) is 0.588. The van der Waals surface area contributed by atoms with Crippen molar-refractivity contribution in [1.82, 2.24) is 20.6 Å². The molecule has 0 aliphatic carbocycles. The lowest BCUT2D eigenvalue weighted by Gasteiger charge is -2.13. The van der Waals surface area contributed by atoms with E-state index in [4.69, 9.17) is 4.42 Å². The average molecular weight is 382 g/mol. The summed E-state index contributed by atoms with van der Waals surface area (Å²) in [7, 11) is 0. The average Bonchev–Trinajstić information content (AvgIpc) is 3.23. The molecule has 8 heteroatoms. The zero-order valence-electron chi connectivity index (χ0n) is 15.3. The van der Waals surface area contributed by atoms with Crippen LogP contribution in [0.25, 0.3) is 0 Å². The van der Waals surface area contributed by atoms with Crippen LogP contribution in [0.4, 0.5) is 0 Å². The number of thioether (sulfide) groups is 1. The third-order valence-corrected chi connectivity index (χ3v) is 5.31. The van der Waals surface area contributed by atoms with E-state index in [1.807, 2.05) is 11.6 Å². The maximum atomic E-state index is 5.78. The molecule has 0 aromatic carbocycles. The number of thiazole rings is 1. The molecular weight excluding hydrogens is 354 g/mol. The van der Waals surface area contributed by atoms with Gasteiger partial charge in [-0.1, -0.05) is 32.5 Å². The summed E-state index contributed by atoms with van der Waals surface area (Å²) in [6.07, 6.45) is 4.68. The summed E-state index contributed by atoms with van der Waals surface area (Å²) in [5, 5.41) is 8.60. The highest BCUT2D eigenvalue weighted by Gasteiger charge is 2.18. The number of nitrogens with zero attached hydrogens (tertiary/aromatic N) is 3. The lowest BCUT2D eigenvalue weighted by molar-refractivity contribution is 0.383. The lowest BCUT2D eigenvalue weighted by Crippen LogP contribution is -2.37. The van der Waals surface area contributed by atoms with Crippen LogP contribution in [0.1, 0.15) is 45.8 Å². The van der Waals surface area contributed by atoms with Crippen LogP contribution in [0.2, 0.25) is 0 Å². The molecule has 0 aliphatic rings. The number of aromatic nitrogens is 2. The van der Waals surface area contributed by atoms with E-state index in [0.29, 0.717) is 12.4 Å². The van der Waals surface area contributed by atoms with E-state index in [1.165, 1.54) is 0 Å². The minimum atomic E-state index is -0.0349. The summed E-state index contributed by atoms with van der Waals surface area (Å²) < 4.78 is 6.90. The molecule has 25 heavy (non-hydrogen) atoms. The minimum absolute atomic E-state index is 0.0349. The predicted octanol–water partition coefficient (Wildman–Crippen LogP) is 3.67. The van der Waals surface area contributed by atoms with Gasteiger partial charge in [0, 0.05) is 35.8 Å². The molecular formula is C17H27N5OS2. The van der Waals surface area contributed by atoms with E-state index in [1.54, 1.807) is 29.3 Å². The van der Waals surface area contributed by atoms with Crippen molar-refractivity contribution in [2.75, 3.05) is 18.8 Å². The van der Waals surface area contributed by atoms with Gasteiger partial charge in [-0.05, 0) is 13.3 Å². The highest BCUT2D eigenvalue weighted by molar-refractivity contribution is 8.00. The third kappa shape index (κ3) is 7.07. The first-order valence-corrected chi connectivity index (χ1v) is 10.3. The second-order valence-corrected chi connectivity index (χ2v) is 8.73. The smallest absolute Gasteiger partial charge is 0.216 e. The summed E-state index contributed by atoms with van der Waals surface area (Å²) in [6, 6.07) is 0. The van der Waals surface area contributed by atoms with E-state index >= 15 is 0 Å². The molecule has 2 aromatic rings. The molecule has 0 spiro atoms. The zero-order chi connectivity index (χ0) is 18.1. The Morgan fingerprint density at radius 3 is 2.80 bits per heavy atom. The van der Waals surface area contributed by atoms with Crippen LogP contribution in [0.3, 0.4) is 0 Å². The van der Waals surface area contributed by atoms with Gasteiger partial charge in [0.25, 0.3) is 0 Å². The maximum Gasteiger partial charge on any atom is 0.216 e. The fourth-order valence-electron chi connectivity index (χ4n) is 1.94. The molecule has 0 amide bonds. The molecule has 0 atom stereocenters. The monoisotopic (exact) mass is 381 g/mol. The van der Waals surface area contributed by atoms with Crippen molar-refractivity contribution in [3.8, 4) is 0 Å². The first-order valence-electron chi connectivity index (χ1n) is 8.48. The first kappa shape index (κ1) is 19.8. The van der Waals surface area contributed by atoms with Gasteiger partial charge in [0.15, 0.2) is 5.96 Å². The molecule has 0 saturated carbocycles. The molecule has 2 rings (SSSR count). The largest absolute Gasteiger partial charge is 0.443 e. The van der Waals surface area contributed by atoms with Gasteiger partial charge in [0.1, 0.15) is 16.6 Å². The van der Waals surface area contributed by atoms with Crippen molar-refractivity contribution in [2.24, 2.45) is 4.99 Å². The highest BCUT2D eigenvalue weighted by atomic mass is 32.2. The fourth-order valence-corrected chi connectivity index (χ4v) is 3.59. The minimum Gasteiger partial charge on any atom is -0.443 e. The molecule has 2 N–H and O–H groups in total. The predicted molar refractivity (Wildman–Crippen MR) is 105 cm³/mol. The van der Waals surface area contributed by atoms with Crippen LogP contribution < -0.4 is 10.6 Å². The first-order chi connectivity index (χ1) is 12.0. The Balaban J connectivity index is 1.76. The zero-order valence-corrected chi connectivity index (χ0v) is 17.0. The highest BCUT2D eigenvalue weighted by Crippen LogP contribution is 2.23. The second kappa shape index (κ2) is 9.82. The number of hydrogen-bond acceptors (Lipinski definition) is 6. The molecule has 0 fully saturated rings. The Morgan fingerprint density at radius 1 is 1.32 bits per heavy atom. The van der Waals surface area contributed by atoms with Crippen LogP contribution in [-0.2, 0) is 12.0 Å². The van der Waals surface area contributed by atoms with Gasteiger partial charge < -0.3 is 15.1 Å². The van der Waals surface area contributed by atoms with Gasteiger partial charge >= 0.3 is 0 Å². The van der Waals surface area contributed by atoms with E-state index < -0.39 is 0 Å². The van der Waals surface area contributed by atoms with Crippen molar-refractivity contribution in [3.63, 3.8) is 0 Å². The van der Waals surface area contributed by atoms with Crippen molar-refractivity contribution in [3.05, 3.63) is 29.4 Å². The molecule has 0 radical (unpaired) electrons. The Kier molecular flexibility index (Phi) is 7.77. The number of aliphatic imine (C=N–C) groups is 1. The van der Waals surface area contributed by atoms with Crippen molar-refractivity contribution >= 4 is 29.1 Å². The van der Waals surface area contributed by atoms with E-state index in [-0.39, 0.29) is 5.41 Å². The summed E-state index contributed by atoms with van der Waals surface area (Å²) >= 11 is 3.47. The van der Waals surface area contributed by atoms with Gasteiger partial charge in [-0.2, -0.15) is 0 Å². The summed E-state index contributed by atoms with van der Waals surface area (Å²) in [4.78, 5) is 13.1. The van der Waals surface area contributed by atoms with Gasteiger partial charge in [-0.25, -0.2) is 15.0 Å². The summed E-state index contributed by atoms with van der Waals surface area (Å²) in [6.45, 7) is 10.5. The SMILES string of the molecule is CCNC(=NCc1ncc(C(C)(C)C)o1)NCCCSc1nccs1. The molecule has 6 nitrogen and oxygen atoms in total. The third-order valence-electron chi connectivity index (χ3n) is 3.26. The summed E-state index contributed by atoms with van der Waals surface area (Å²) in [5.41, 5.74) is -0.0349. The van der Waals surface area contributed by atoms with E-state index in [0.717, 1.165) is 41.3 Å². The van der Waals surface area contributed by atoms with Crippen LogP contribution in [0.5, 0.6) is 0 Å². The topological polar surface area (TPSA) is 75.3 Å². The number of nitrogens with one attached hydrogen (secondary N) is 2. The van der Waals surface area contributed by atoms with Crippen LogP contribution in [-0.4, -0.2) is 34.8 Å². The lowest BCUT2D eigenvalue weighted by atomic mass is 9.94. The molecule has 0 saturated heterocycles. The molecule has 0 unspecified atom stereocenters. The molecule has 138 valence electrons. The normalized spacial score (nSPS) is 12.4. The number of rotatable bonds is 8. The van der Waals surface area contributed by atoms with Crippen molar-refractivity contribution in [2.45, 2.75) is 50.4 Å². The Hall–Kier alpha value is -1.54. The number of guanidine groups is 1. The van der Waals surface area contributed by atoms with Crippen LogP contribution >= 0.6 is 23.1 Å². The number of oxazole rings is 1. The van der Waals surface area contributed by atoms with E-state index in [2.05, 4.69) is 53.3 Å². The standard InChI is InChI=1S/C17H27N5OS2/c1-5-18-15(19-7-6-9-24-16-20-8-10-25-16)22-12-14-21-11-13(23-14)17(2,3)4/h8,10-11H,5-7,9,12H2,1-4H3,(H2,18,19,22). The van der Waals surface area contributed by atoms with Crippen molar-refractivity contribution < 1.29 is 4.42 Å².